The Hall–Kier alpha value is -2.61. The molecule has 0 saturated heterocycles. The van der Waals surface area contributed by atoms with Crippen LogP contribution in [-0.2, 0) is 0 Å². The van der Waals surface area contributed by atoms with Gasteiger partial charge in [0.05, 0.1) is 37.3 Å². The Morgan fingerprint density at radius 3 is 2.84 bits per heavy atom. The van der Waals surface area contributed by atoms with Crippen molar-refractivity contribution >= 4 is 12.0 Å². The summed E-state index contributed by atoms with van der Waals surface area (Å²) in [6.45, 7) is 2.45. The van der Waals surface area contributed by atoms with Crippen LogP contribution in [0.25, 0.3) is 11.3 Å². The van der Waals surface area contributed by atoms with Crippen molar-refractivity contribution in [2.75, 3.05) is 11.9 Å². The van der Waals surface area contributed by atoms with Gasteiger partial charge in [-0.25, -0.2) is 4.98 Å². The number of nitriles is 1. The third-order valence-corrected chi connectivity index (χ3v) is 2.57. The number of imidazole rings is 1. The van der Waals surface area contributed by atoms with Crippen LogP contribution in [0.15, 0.2) is 35.5 Å². The van der Waals surface area contributed by atoms with E-state index in [1.54, 1.807) is 6.34 Å². The van der Waals surface area contributed by atoms with Crippen molar-refractivity contribution in [3.8, 4) is 17.3 Å². The molecule has 19 heavy (non-hydrogen) atoms. The number of aryl methyl sites for hydroxylation is 1. The Bertz CT molecular complexity index is 589. The van der Waals surface area contributed by atoms with Crippen LogP contribution in [0.1, 0.15) is 12.2 Å². The fourth-order valence-corrected chi connectivity index (χ4v) is 1.61. The van der Waals surface area contributed by atoms with Gasteiger partial charge in [0.1, 0.15) is 5.82 Å². The van der Waals surface area contributed by atoms with Gasteiger partial charge in [-0.05, 0) is 24.6 Å². The summed E-state index contributed by atoms with van der Waals surface area (Å²) in [6.07, 6.45) is 3.88. The first-order valence-corrected chi connectivity index (χ1v) is 6.03. The van der Waals surface area contributed by atoms with Crippen molar-refractivity contribution in [1.82, 2.24) is 9.97 Å². The fraction of sp³-hybridized carbons (Fsp3) is 0.214. The number of nitrogens with zero attached hydrogens (tertiary/aromatic N) is 3. The molecule has 0 saturated carbocycles. The Morgan fingerprint density at radius 1 is 1.42 bits per heavy atom. The molecule has 1 aromatic carbocycles. The van der Waals surface area contributed by atoms with E-state index in [-0.39, 0.29) is 0 Å². The van der Waals surface area contributed by atoms with E-state index in [1.165, 1.54) is 0 Å². The zero-order valence-electron chi connectivity index (χ0n) is 10.7. The van der Waals surface area contributed by atoms with Crippen LogP contribution in [0.4, 0.5) is 5.69 Å². The summed E-state index contributed by atoms with van der Waals surface area (Å²) in [7, 11) is 0. The molecule has 1 heterocycles. The number of anilines is 1. The predicted octanol–water partition coefficient (Wildman–Crippen LogP) is 2.74. The van der Waals surface area contributed by atoms with Gasteiger partial charge in [0.15, 0.2) is 0 Å². The maximum atomic E-state index is 8.37. The highest BCUT2D eigenvalue weighted by Crippen LogP contribution is 2.19. The van der Waals surface area contributed by atoms with Crippen LogP contribution in [0, 0.1) is 18.3 Å². The average molecular weight is 253 g/mol. The second-order valence-electron chi connectivity index (χ2n) is 4.05. The number of nitrogens with one attached hydrogen (secondary N) is 2. The lowest BCUT2D eigenvalue weighted by Gasteiger charge is -2.02. The summed E-state index contributed by atoms with van der Waals surface area (Å²) in [5.74, 6) is 0.904. The third-order valence-electron chi connectivity index (χ3n) is 2.57. The maximum Gasteiger partial charge on any atom is 0.103 e. The molecule has 0 fully saturated rings. The van der Waals surface area contributed by atoms with Crippen molar-refractivity contribution in [2.45, 2.75) is 13.3 Å². The molecule has 0 radical (unpaired) electrons. The largest absolute Gasteiger partial charge is 0.347 e. The molecule has 0 aliphatic rings. The molecule has 0 aliphatic heterocycles. The minimum absolute atomic E-state index is 0.441. The molecular formula is C14H15N5. The number of hydrogen-bond acceptors (Lipinski definition) is 3. The molecule has 2 rings (SSSR count). The van der Waals surface area contributed by atoms with E-state index in [2.05, 4.69) is 20.3 Å². The molecule has 2 N–H and O–H groups in total. The minimum Gasteiger partial charge on any atom is -0.347 e. The predicted molar refractivity (Wildman–Crippen MR) is 76.0 cm³/mol. The number of hydrogen-bond donors (Lipinski definition) is 2. The lowest BCUT2D eigenvalue weighted by atomic mass is 10.1. The van der Waals surface area contributed by atoms with E-state index in [4.69, 9.17) is 5.26 Å². The monoisotopic (exact) mass is 253 g/mol. The van der Waals surface area contributed by atoms with E-state index >= 15 is 0 Å². The third kappa shape index (κ3) is 3.68. The summed E-state index contributed by atoms with van der Waals surface area (Å²) in [5.41, 5.74) is 3.06. The highest BCUT2D eigenvalue weighted by atomic mass is 14.9. The molecule has 1 aromatic heterocycles. The SMILES string of the molecule is Cc1ncc(-c2ccc(NC=NCCC#N)cc2)[nH]1. The molecule has 0 aliphatic carbocycles. The van der Waals surface area contributed by atoms with Gasteiger partial charge in [0.25, 0.3) is 0 Å². The molecule has 0 atom stereocenters. The molecule has 0 unspecified atom stereocenters. The first kappa shape index (κ1) is 12.8. The van der Waals surface area contributed by atoms with Gasteiger partial charge in [-0.2, -0.15) is 5.26 Å². The van der Waals surface area contributed by atoms with Gasteiger partial charge in [0, 0.05) is 5.69 Å². The molecule has 96 valence electrons. The van der Waals surface area contributed by atoms with Crippen LogP contribution in [-0.4, -0.2) is 22.9 Å². The Morgan fingerprint density at radius 2 is 2.21 bits per heavy atom. The molecule has 5 heteroatoms. The van der Waals surface area contributed by atoms with Gasteiger partial charge in [-0.1, -0.05) is 12.1 Å². The van der Waals surface area contributed by atoms with Crippen molar-refractivity contribution in [1.29, 1.82) is 5.26 Å². The Balaban J connectivity index is 1.95. The lowest BCUT2D eigenvalue weighted by Crippen LogP contribution is -1.95. The summed E-state index contributed by atoms with van der Waals surface area (Å²) >= 11 is 0. The number of aliphatic imine (C=N–C) groups is 1. The van der Waals surface area contributed by atoms with Crippen molar-refractivity contribution in [3.63, 3.8) is 0 Å². The molecule has 0 bridgehead atoms. The fourth-order valence-electron chi connectivity index (χ4n) is 1.61. The summed E-state index contributed by atoms with van der Waals surface area (Å²) in [5, 5.41) is 11.4. The molecule has 2 aromatic rings. The smallest absolute Gasteiger partial charge is 0.103 e. The number of H-pyrrole nitrogens is 1. The molecule has 0 amide bonds. The second kappa shape index (κ2) is 6.36. The normalized spacial score (nSPS) is 10.5. The number of rotatable bonds is 5. The number of aromatic nitrogens is 2. The van der Waals surface area contributed by atoms with E-state index in [9.17, 15) is 0 Å². The Labute approximate surface area is 112 Å². The van der Waals surface area contributed by atoms with E-state index in [0.717, 1.165) is 22.8 Å². The minimum atomic E-state index is 0.441. The van der Waals surface area contributed by atoms with Gasteiger partial charge in [0.2, 0.25) is 0 Å². The average Bonchev–Trinajstić information content (AvgIpc) is 2.86. The number of aromatic amines is 1. The quantitative estimate of drug-likeness (QED) is 0.488. The molecular weight excluding hydrogens is 238 g/mol. The lowest BCUT2D eigenvalue weighted by molar-refractivity contribution is 1.02. The molecule has 5 nitrogen and oxygen atoms in total. The van der Waals surface area contributed by atoms with Crippen LogP contribution < -0.4 is 5.32 Å². The van der Waals surface area contributed by atoms with Gasteiger partial charge in [-0.3, -0.25) is 4.99 Å². The number of benzene rings is 1. The van der Waals surface area contributed by atoms with Crippen LogP contribution >= 0.6 is 0 Å². The van der Waals surface area contributed by atoms with Gasteiger partial charge < -0.3 is 10.3 Å². The first-order chi connectivity index (χ1) is 9.29. The van der Waals surface area contributed by atoms with E-state index in [1.807, 2.05) is 43.5 Å². The zero-order chi connectivity index (χ0) is 13.5. The summed E-state index contributed by atoms with van der Waals surface area (Å²) in [4.78, 5) is 11.4. The van der Waals surface area contributed by atoms with Gasteiger partial charge in [-0.15, -0.1) is 0 Å². The Kier molecular flexibility index (Phi) is 4.29. The van der Waals surface area contributed by atoms with E-state index in [0.29, 0.717) is 13.0 Å². The topological polar surface area (TPSA) is 76.9 Å². The zero-order valence-corrected chi connectivity index (χ0v) is 10.7. The standard InChI is InChI=1S/C14H15N5/c1-11-17-9-14(19-11)12-3-5-13(6-4-12)18-10-16-8-2-7-15/h3-6,9-10H,2,8H2,1H3,(H,16,18)(H,17,19). The maximum absolute atomic E-state index is 8.37. The van der Waals surface area contributed by atoms with Crippen LogP contribution in [0.2, 0.25) is 0 Å². The summed E-state index contributed by atoms with van der Waals surface area (Å²) in [6, 6.07) is 10.0. The molecule has 0 spiro atoms. The highest BCUT2D eigenvalue weighted by molar-refractivity contribution is 5.76. The van der Waals surface area contributed by atoms with E-state index < -0.39 is 0 Å². The first-order valence-electron chi connectivity index (χ1n) is 6.03. The second-order valence-corrected chi connectivity index (χ2v) is 4.05. The highest BCUT2D eigenvalue weighted by Gasteiger charge is 2.00. The van der Waals surface area contributed by atoms with Crippen molar-refractivity contribution in [3.05, 3.63) is 36.3 Å². The van der Waals surface area contributed by atoms with Crippen molar-refractivity contribution < 1.29 is 0 Å². The van der Waals surface area contributed by atoms with Crippen LogP contribution in [0.3, 0.4) is 0 Å². The summed E-state index contributed by atoms with van der Waals surface area (Å²) < 4.78 is 0. The van der Waals surface area contributed by atoms with Gasteiger partial charge >= 0.3 is 0 Å². The van der Waals surface area contributed by atoms with Crippen LogP contribution in [0.5, 0.6) is 0 Å². The van der Waals surface area contributed by atoms with Crippen molar-refractivity contribution in [2.24, 2.45) is 4.99 Å².